The molecule has 27 heavy (non-hydrogen) atoms. The fourth-order valence-corrected chi connectivity index (χ4v) is 3.44. The number of rotatable bonds is 7. The van der Waals surface area contributed by atoms with Gasteiger partial charge in [0.1, 0.15) is 0 Å². The molecule has 0 aliphatic heterocycles. The Bertz CT molecular complexity index is 1030. The van der Waals surface area contributed by atoms with Gasteiger partial charge in [0.15, 0.2) is 16.7 Å². The van der Waals surface area contributed by atoms with E-state index in [4.69, 9.17) is 4.42 Å². The zero-order valence-corrected chi connectivity index (χ0v) is 15.3. The van der Waals surface area contributed by atoms with E-state index in [1.165, 1.54) is 11.8 Å². The molecule has 0 aliphatic rings. The highest BCUT2D eigenvalue weighted by Crippen LogP contribution is 2.27. The van der Waals surface area contributed by atoms with E-state index in [1.54, 1.807) is 18.6 Å². The molecule has 0 aliphatic carbocycles. The van der Waals surface area contributed by atoms with Gasteiger partial charge in [-0.2, -0.15) is 0 Å². The van der Waals surface area contributed by atoms with Gasteiger partial charge in [0.25, 0.3) is 0 Å². The molecular formula is C20H17N5OS. The van der Waals surface area contributed by atoms with Crippen LogP contribution in [-0.2, 0) is 12.3 Å². The number of pyridine rings is 1. The number of oxazole rings is 1. The molecular weight excluding hydrogens is 358 g/mol. The summed E-state index contributed by atoms with van der Waals surface area (Å²) < 4.78 is 7.89. The molecule has 0 saturated heterocycles. The molecule has 0 radical (unpaired) electrons. The van der Waals surface area contributed by atoms with Gasteiger partial charge >= 0.3 is 0 Å². The molecule has 0 saturated carbocycles. The summed E-state index contributed by atoms with van der Waals surface area (Å²) in [5, 5.41) is 9.46. The van der Waals surface area contributed by atoms with Crippen LogP contribution < -0.4 is 0 Å². The maximum atomic E-state index is 5.86. The van der Waals surface area contributed by atoms with Crippen LogP contribution in [-0.4, -0.2) is 24.7 Å². The average Bonchev–Trinajstić information content (AvgIpc) is 3.35. The average molecular weight is 375 g/mol. The Kier molecular flexibility index (Phi) is 5.11. The molecule has 0 N–H and O–H groups in total. The van der Waals surface area contributed by atoms with Crippen LogP contribution >= 0.6 is 11.8 Å². The molecule has 0 unspecified atom stereocenters. The Morgan fingerprint density at radius 2 is 1.85 bits per heavy atom. The molecule has 0 bridgehead atoms. The third kappa shape index (κ3) is 3.83. The minimum absolute atomic E-state index is 0.568. The molecule has 3 aromatic heterocycles. The predicted octanol–water partition coefficient (Wildman–Crippen LogP) is 4.47. The fourth-order valence-electron chi connectivity index (χ4n) is 2.64. The fraction of sp³-hybridized carbons (Fsp3) is 0.100. The van der Waals surface area contributed by atoms with Gasteiger partial charge in [0.2, 0.25) is 5.89 Å². The summed E-state index contributed by atoms with van der Waals surface area (Å²) >= 11 is 1.53. The number of aromatic nitrogens is 5. The lowest BCUT2D eigenvalue weighted by atomic mass is 10.2. The highest BCUT2D eigenvalue weighted by Gasteiger charge is 2.15. The zero-order chi connectivity index (χ0) is 18.5. The quantitative estimate of drug-likeness (QED) is 0.350. The van der Waals surface area contributed by atoms with E-state index in [0.29, 0.717) is 18.2 Å². The standard InChI is InChI=1S/C20H17N5OS/c1-2-12-25-19(16-8-10-21-11-9-16)23-24-20(25)27-14-18-22-13-17(26-18)15-6-4-3-5-7-15/h2-11,13H,1,12,14H2. The van der Waals surface area contributed by atoms with Crippen LogP contribution in [0.3, 0.4) is 0 Å². The smallest absolute Gasteiger partial charge is 0.205 e. The van der Waals surface area contributed by atoms with Crippen molar-refractivity contribution in [3.05, 3.63) is 79.6 Å². The van der Waals surface area contributed by atoms with Crippen LogP contribution in [0.15, 0.2) is 83.3 Å². The second kappa shape index (κ2) is 8.01. The van der Waals surface area contributed by atoms with E-state index in [9.17, 15) is 0 Å². The van der Waals surface area contributed by atoms with Gasteiger partial charge in [0, 0.05) is 30.1 Å². The maximum absolute atomic E-state index is 5.86. The molecule has 0 atom stereocenters. The number of nitrogens with zero attached hydrogens (tertiary/aromatic N) is 5. The van der Waals surface area contributed by atoms with Crippen molar-refractivity contribution in [3.63, 3.8) is 0 Å². The second-order valence-corrected chi connectivity index (χ2v) is 6.66. The van der Waals surface area contributed by atoms with E-state index >= 15 is 0 Å². The number of hydrogen-bond donors (Lipinski definition) is 0. The topological polar surface area (TPSA) is 69.6 Å². The van der Waals surface area contributed by atoms with Crippen LogP contribution in [0.25, 0.3) is 22.7 Å². The van der Waals surface area contributed by atoms with Crippen molar-refractivity contribution in [2.24, 2.45) is 0 Å². The van der Waals surface area contributed by atoms with E-state index < -0.39 is 0 Å². The van der Waals surface area contributed by atoms with Gasteiger partial charge in [-0.25, -0.2) is 4.98 Å². The first kappa shape index (κ1) is 17.2. The number of thioether (sulfide) groups is 1. The highest BCUT2D eigenvalue weighted by atomic mass is 32.2. The maximum Gasteiger partial charge on any atom is 0.205 e. The number of allylic oxidation sites excluding steroid dienone is 1. The van der Waals surface area contributed by atoms with Crippen LogP contribution in [0.1, 0.15) is 5.89 Å². The lowest BCUT2D eigenvalue weighted by Crippen LogP contribution is -2.00. The molecule has 7 heteroatoms. The van der Waals surface area contributed by atoms with Crippen LogP contribution in [0.4, 0.5) is 0 Å². The van der Waals surface area contributed by atoms with E-state index in [1.807, 2.05) is 53.1 Å². The van der Waals surface area contributed by atoms with Crippen LogP contribution in [0, 0.1) is 0 Å². The third-order valence-electron chi connectivity index (χ3n) is 3.90. The van der Waals surface area contributed by atoms with Gasteiger partial charge in [-0.05, 0) is 12.1 Å². The first-order chi connectivity index (χ1) is 13.3. The van der Waals surface area contributed by atoms with Gasteiger partial charge < -0.3 is 4.42 Å². The van der Waals surface area contributed by atoms with Crippen molar-refractivity contribution in [2.75, 3.05) is 0 Å². The molecule has 1 aromatic carbocycles. The Labute approximate surface area is 161 Å². The van der Waals surface area contributed by atoms with Crippen molar-refractivity contribution in [2.45, 2.75) is 17.5 Å². The van der Waals surface area contributed by atoms with E-state index in [2.05, 4.69) is 26.7 Å². The van der Waals surface area contributed by atoms with Crippen molar-refractivity contribution < 1.29 is 4.42 Å². The van der Waals surface area contributed by atoms with Crippen molar-refractivity contribution >= 4 is 11.8 Å². The first-order valence-corrected chi connectivity index (χ1v) is 9.41. The van der Waals surface area contributed by atoms with Gasteiger partial charge in [-0.1, -0.05) is 48.2 Å². The minimum Gasteiger partial charge on any atom is -0.440 e. The van der Waals surface area contributed by atoms with Gasteiger partial charge in [0.05, 0.1) is 11.9 Å². The Morgan fingerprint density at radius 1 is 1.04 bits per heavy atom. The van der Waals surface area contributed by atoms with Crippen molar-refractivity contribution in [1.82, 2.24) is 24.7 Å². The number of benzene rings is 1. The minimum atomic E-state index is 0.568. The third-order valence-corrected chi connectivity index (χ3v) is 4.86. The lowest BCUT2D eigenvalue weighted by Gasteiger charge is -2.06. The van der Waals surface area contributed by atoms with Crippen molar-refractivity contribution in [1.29, 1.82) is 0 Å². The SMILES string of the molecule is C=CCn1c(SCc2ncc(-c3ccccc3)o2)nnc1-c1ccncc1. The van der Waals surface area contributed by atoms with E-state index in [0.717, 1.165) is 27.9 Å². The number of hydrogen-bond acceptors (Lipinski definition) is 6. The summed E-state index contributed by atoms with van der Waals surface area (Å²) in [5.74, 6) is 2.77. The van der Waals surface area contributed by atoms with Gasteiger partial charge in [-0.3, -0.25) is 9.55 Å². The predicted molar refractivity (Wildman–Crippen MR) is 105 cm³/mol. The molecule has 0 fully saturated rings. The Hall–Kier alpha value is -3.19. The van der Waals surface area contributed by atoms with Gasteiger partial charge in [-0.15, -0.1) is 16.8 Å². The monoisotopic (exact) mass is 375 g/mol. The summed E-state index contributed by atoms with van der Waals surface area (Å²) in [5.41, 5.74) is 1.98. The van der Waals surface area contributed by atoms with Crippen LogP contribution in [0.2, 0.25) is 0 Å². The summed E-state index contributed by atoms with van der Waals surface area (Å²) in [6, 6.07) is 13.8. The molecule has 4 aromatic rings. The summed E-state index contributed by atoms with van der Waals surface area (Å²) in [6.07, 6.45) is 7.07. The van der Waals surface area contributed by atoms with Crippen LogP contribution in [0.5, 0.6) is 0 Å². The highest BCUT2D eigenvalue weighted by molar-refractivity contribution is 7.98. The summed E-state index contributed by atoms with van der Waals surface area (Å²) in [4.78, 5) is 8.43. The van der Waals surface area contributed by atoms with Crippen molar-refractivity contribution in [3.8, 4) is 22.7 Å². The largest absolute Gasteiger partial charge is 0.440 e. The molecule has 4 rings (SSSR count). The molecule has 0 spiro atoms. The summed E-state index contributed by atoms with van der Waals surface area (Å²) in [7, 11) is 0. The second-order valence-electron chi connectivity index (χ2n) is 5.71. The normalized spacial score (nSPS) is 10.8. The van der Waals surface area contributed by atoms with E-state index in [-0.39, 0.29) is 0 Å². The summed E-state index contributed by atoms with van der Waals surface area (Å²) in [6.45, 7) is 4.46. The Morgan fingerprint density at radius 3 is 2.63 bits per heavy atom. The zero-order valence-electron chi connectivity index (χ0n) is 14.5. The lowest BCUT2D eigenvalue weighted by molar-refractivity contribution is 0.529. The Balaban J connectivity index is 1.53. The first-order valence-electron chi connectivity index (χ1n) is 8.42. The molecule has 3 heterocycles. The molecule has 0 amide bonds. The molecule has 134 valence electrons. The molecule has 6 nitrogen and oxygen atoms in total.